The minimum atomic E-state index is -0.145. The first-order chi connectivity index (χ1) is 9.72. The van der Waals surface area contributed by atoms with Gasteiger partial charge in [0.15, 0.2) is 0 Å². The first kappa shape index (κ1) is 15.3. The van der Waals surface area contributed by atoms with Gasteiger partial charge in [-0.2, -0.15) is 0 Å². The van der Waals surface area contributed by atoms with Crippen LogP contribution in [0.1, 0.15) is 44.6 Å². The Morgan fingerprint density at radius 2 is 1.90 bits per heavy atom. The summed E-state index contributed by atoms with van der Waals surface area (Å²) in [5.41, 5.74) is 7.57. The highest BCUT2D eigenvalue weighted by Crippen LogP contribution is 2.35. The first-order valence-electron chi connectivity index (χ1n) is 7.73. The molecule has 2 N–H and O–H groups in total. The largest absolute Gasteiger partial charge is 0.496 e. The van der Waals surface area contributed by atoms with Crippen molar-refractivity contribution in [3.8, 4) is 5.75 Å². The average Bonchev–Trinajstić information content (AvgIpc) is 2.49. The van der Waals surface area contributed by atoms with Gasteiger partial charge in [0.25, 0.3) is 0 Å². The van der Waals surface area contributed by atoms with Gasteiger partial charge in [-0.3, -0.25) is 0 Å². The number of hydrogen-bond donors (Lipinski definition) is 1. The Morgan fingerprint density at radius 1 is 1.20 bits per heavy atom. The summed E-state index contributed by atoms with van der Waals surface area (Å²) in [6.45, 7) is 2.80. The number of ether oxygens (including phenoxy) is 2. The quantitative estimate of drug-likeness (QED) is 0.867. The Kier molecular flexibility index (Phi) is 5.44. The van der Waals surface area contributed by atoms with E-state index in [1.54, 1.807) is 7.11 Å². The van der Waals surface area contributed by atoms with Crippen LogP contribution in [0, 0.1) is 0 Å². The van der Waals surface area contributed by atoms with E-state index in [-0.39, 0.29) is 11.6 Å². The Morgan fingerprint density at radius 3 is 2.55 bits per heavy atom. The van der Waals surface area contributed by atoms with Crippen LogP contribution in [0.5, 0.6) is 5.75 Å². The smallest absolute Gasteiger partial charge is 0.122 e. The molecule has 0 bridgehead atoms. The molecule has 0 spiro atoms. The maximum absolute atomic E-state index is 6.54. The van der Waals surface area contributed by atoms with Crippen molar-refractivity contribution in [3.63, 3.8) is 0 Å². The van der Waals surface area contributed by atoms with Gasteiger partial charge in [-0.25, -0.2) is 0 Å². The fraction of sp³-hybridized carbons (Fsp3) is 0.647. The molecule has 0 amide bonds. The van der Waals surface area contributed by atoms with Gasteiger partial charge in [-0.05, 0) is 37.8 Å². The summed E-state index contributed by atoms with van der Waals surface area (Å²) in [7, 11) is 1.71. The molecular weight excluding hydrogens is 250 g/mol. The summed E-state index contributed by atoms with van der Waals surface area (Å²) in [6, 6.07) is 8.15. The van der Waals surface area contributed by atoms with E-state index in [1.165, 1.54) is 24.8 Å². The Hall–Kier alpha value is -1.06. The number of para-hydroxylation sites is 1. The summed E-state index contributed by atoms with van der Waals surface area (Å²) < 4.78 is 11.5. The second kappa shape index (κ2) is 7.09. The lowest BCUT2D eigenvalue weighted by Crippen LogP contribution is -2.52. The van der Waals surface area contributed by atoms with Gasteiger partial charge in [-0.1, -0.05) is 37.5 Å². The highest BCUT2D eigenvalue weighted by molar-refractivity contribution is 5.34. The highest BCUT2D eigenvalue weighted by Gasteiger charge is 2.38. The zero-order valence-electron chi connectivity index (χ0n) is 12.7. The van der Waals surface area contributed by atoms with Crippen LogP contribution in [-0.2, 0) is 11.2 Å². The van der Waals surface area contributed by atoms with Crippen LogP contribution >= 0.6 is 0 Å². The van der Waals surface area contributed by atoms with Crippen molar-refractivity contribution in [2.24, 2.45) is 5.73 Å². The summed E-state index contributed by atoms with van der Waals surface area (Å²) >= 11 is 0. The van der Waals surface area contributed by atoms with Crippen LogP contribution in [0.4, 0.5) is 0 Å². The molecule has 0 heterocycles. The molecule has 1 aromatic rings. The normalized spacial score (nSPS) is 19.6. The van der Waals surface area contributed by atoms with E-state index in [2.05, 4.69) is 13.0 Å². The number of methoxy groups -OCH3 is 1. The predicted molar refractivity (Wildman–Crippen MR) is 82.1 cm³/mol. The fourth-order valence-electron chi connectivity index (χ4n) is 3.35. The zero-order chi connectivity index (χ0) is 14.4. The molecule has 1 atom stereocenters. The van der Waals surface area contributed by atoms with E-state index < -0.39 is 0 Å². The third-order valence-corrected chi connectivity index (χ3v) is 4.44. The molecule has 20 heavy (non-hydrogen) atoms. The van der Waals surface area contributed by atoms with Crippen molar-refractivity contribution in [1.82, 2.24) is 0 Å². The van der Waals surface area contributed by atoms with Gasteiger partial charge in [0.1, 0.15) is 5.75 Å². The fourth-order valence-corrected chi connectivity index (χ4v) is 3.35. The molecule has 1 aliphatic carbocycles. The van der Waals surface area contributed by atoms with Crippen LogP contribution < -0.4 is 10.5 Å². The first-order valence-corrected chi connectivity index (χ1v) is 7.73. The van der Waals surface area contributed by atoms with Crippen LogP contribution in [0.2, 0.25) is 0 Å². The van der Waals surface area contributed by atoms with E-state index in [9.17, 15) is 0 Å². The molecule has 1 aliphatic rings. The molecule has 0 saturated heterocycles. The van der Waals surface area contributed by atoms with Crippen molar-refractivity contribution >= 4 is 0 Å². The van der Waals surface area contributed by atoms with Crippen LogP contribution in [0.3, 0.4) is 0 Å². The van der Waals surface area contributed by atoms with Gasteiger partial charge in [0.05, 0.1) is 12.7 Å². The molecule has 3 heteroatoms. The van der Waals surface area contributed by atoms with Gasteiger partial charge < -0.3 is 15.2 Å². The topological polar surface area (TPSA) is 44.5 Å². The maximum atomic E-state index is 6.54. The Bertz CT molecular complexity index is 408. The minimum absolute atomic E-state index is 0.0269. The molecule has 3 nitrogen and oxygen atoms in total. The maximum Gasteiger partial charge on any atom is 0.122 e. The highest BCUT2D eigenvalue weighted by atomic mass is 16.5. The van der Waals surface area contributed by atoms with Gasteiger partial charge >= 0.3 is 0 Å². The lowest BCUT2D eigenvalue weighted by atomic mass is 9.77. The molecule has 112 valence electrons. The average molecular weight is 277 g/mol. The predicted octanol–water partition coefficient (Wildman–Crippen LogP) is 3.30. The molecule has 2 rings (SSSR count). The molecule has 1 fully saturated rings. The van der Waals surface area contributed by atoms with Crippen molar-refractivity contribution in [3.05, 3.63) is 29.8 Å². The molecule has 1 aromatic carbocycles. The van der Waals surface area contributed by atoms with Gasteiger partial charge in [-0.15, -0.1) is 0 Å². The monoisotopic (exact) mass is 277 g/mol. The molecular formula is C17H27NO2. The summed E-state index contributed by atoms with van der Waals surface area (Å²) in [6.07, 6.45) is 6.72. The second-order valence-corrected chi connectivity index (χ2v) is 5.68. The SMILES string of the molecule is CCOC1(C(N)Cc2ccccc2OC)CCCCC1. The van der Waals surface area contributed by atoms with E-state index in [4.69, 9.17) is 15.2 Å². The number of rotatable bonds is 6. The molecule has 1 saturated carbocycles. The molecule has 1 unspecified atom stereocenters. The van der Waals surface area contributed by atoms with Crippen molar-refractivity contribution in [2.75, 3.05) is 13.7 Å². The Labute approximate surface area is 122 Å². The lowest BCUT2D eigenvalue weighted by Gasteiger charge is -2.42. The minimum Gasteiger partial charge on any atom is -0.496 e. The molecule has 0 aliphatic heterocycles. The second-order valence-electron chi connectivity index (χ2n) is 5.68. The van der Waals surface area contributed by atoms with E-state index in [0.29, 0.717) is 0 Å². The summed E-state index contributed by atoms with van der Waals surface area (Å²) in [5.74, 6) is 0.922. The summed E-state index contributed by atoms with van der Waals surface area (Å²) in [4.78, 5) is 0. The van der Waals surface area contributed by atoms with Gasteiger partial charge in [0.2, 0.25) is 0 Å². The van der Waals surface area contributed by atoms with E-state index in [0.717, 1.165) is 31.6 Å². The van der Waals surface area contributed by atoms with Crippen LogP contribution in [-0.4, -0.2) is 25.4 Å². The van der Waals surface area contributed by atoms with Crippen LogP contribution in [0.15, 0.2) is 24.3 Å². The van der Waals surface area contributed by atoms with Crippen molar-refractivity contribution in [2.45, 2.75) is 57.1 Å². The standard InChI is InChI=1S/C17H27NO2/c1-3-20-17(11-7-4-8-12-17)16(18)13-14-9-5-6-10-15(14)19-2/h5-6,9-10,16H,3-4,7-8,11-13,18H2,1-2H3. The van der Waals surface area contributed by atoms with Gasteiger partial charge in [0, 0.05) is 12.6 Å². The third-order valence-electron chi connectivity index (χ3n) is 4.44. The van der Waals surface area contributed by atoms with E-state index >= 15 is 0 Å². The number of benzene rings is 1. The number of nitrogens with two attached hydrogens (primary N) is 1. The lowest BCUT2D eigenvalue weighted by molar-refractivity contribution is -0.0818. The third kappa shape index (κ3) is 3.33. The van der Waals surface area contributed by atoms with E-state index in [1.807, 2.05) is 18.2 Å². The van der Waals surface area contributed by atoms with Crippen molar-refractivity contribution < 1.29 is 9.47 Å². The Balaban J connectivity index is 2.13. The number of hydrogen-bond acceptors (Lipinski definition) is 3. The zero-order valence-corrected chi connectivity index (χ0v) is 12.7. The van der Waals surface area contributed by atoms with Crippen molar-refractivity contribution in [1.29, 1.82) is 0 Å². The molecule has 0 radical (unpaired) electrons. The molecule has 0 aromatic heterocycles. The van der Waals surface area contributed by atoms with Crippen LogP contribution in [0.25, 0.3) is 0 Å². The summed E-state index contributed by atoms with van der Waals surface area (Å²) in [5, 5.41) is 0.